The summed E-state index contributed by atoms with van der Waals surface area (Å²) in [6.45, 7) is 0. The van der Waals surface area contributed by atoms with Gasteiger partial charge in [-0.15, -0.1) is 0 Å². The van der Waals surface area contributed by atoms with E-state index in [2.05, 4.69) is 20.4 Å². The van der Waals surface area contributed by atoms with Gasteiger partial charge in [0.25, 0.3) is 5.89 Å². The van der Waals surface area contributed by atoms with Crippen LogP contribution in [0.15, 0.2) is 29.0 Å². The minimum Gasteiger partial charge on any atom is -0.334 e. The Bertz CT molecular complexity index is 511. The summed E-state index contributed by atoms with van der Waals surface area (Å²) in [5, 5.41) is 7.45. The Morgan fingerprint density at radius 1 is 1.39 bits per heavy atom. The Hall–Kier alpha value is -1.75. The monoisotopic (exact) mass is 244 g/mol. The highest BCUT2D eigenvalue weighted by Gasteiger charge is 2.31. The molecule has 5 heteroatoms. The standard InChI is InChI=1S/C13H16N4O/c1-14-11-6-2-5-10(11)12-16-13(18-17-12)9-4-3-7-15-8-9/h3-4,7-8,10-11,14H,2,5-6H2,1H3. The zero-order valence-electron chi connectivity index (χ0n) is 10.3. The average molecular weight is 244 g/mol. The summed E-state index contributed by atoms with van der Waals surface area (Å²) in [4.78, 5) is 8.56. The van der Waals surface area contributed by atoms with Gasteiger partial charge in [0.05, 0.1) is 5.56 Å². The lowest BCUT2D eigenvalue weighted by molar-refractivity contribution is 0.405. The summed E-state index contributed by atoms with van der Waals surface area (Å²) < 4.78 is 5.33. The van der Waals surface area contributed by atoms with Crippen LogP contribution < -0.4 is 5.32 Å². The first-order valence-corrected chi connectivity index (χ1v) is 6.30. The molecule has 0 amide bonds. The van der Waals surface area contributed by atoms with Crippen molar-refractivity contribution in [1.29, 1.82) is 0 Å². The third kappa shape index (κ3) is 2.01. The lowest BCUT2D eigenvalue weighted by Crippen LogP contribution is -2.28. The highest BCUT2D eigenvalue weighted by atomic mass is 16.5. The number of hydrogen-bond acceptors (Lipinski definition) is 5. The quantitative estimate of drug-likeness (QED) is 0.894. The van der Waals surface area contributed by atoms with Gasteiger partial charge in [-0.1, -0.05) is 11.6 Å². The molecule has 2 heterocycles. The van der Waals surface area contributed by atoms with Crippen molar-refractivity contribution in [3.8, 4) is 11.5 Å². The summed E-state index contributed by atoms with van der Waals surface area (Å²) in [5.41, 5.74) is 0.871. The Morgan fingerprint density at radius 3 is 3.11 bits per heavy atom. The summed E-state index contributed by atoms with van der Waals surface area (Å²) >= 11 is 0. The van der Waals surface area contributed by atoms with Crippen LogP contribution in [0.2, 0.25) is 0 Å². The number of aromatic nitrogens is 3. The van der Waals surface area contributed by atoms with Crippen molar-refractivity contribution in [2.24, 2.45) is 0 Å². The number of rotatable bonds is 3. The topological polar surface area (TPSA) is 63.8 Å². The van der Waals surface area contributed by atoms with Crippen molar-refractivity contribution in [2.75, 3.05) is 7.05 Å². The molecule has 2 aromatic heterocycles. The molecule has 18 heavy (non-hydrogen) atoms. The summed E-state index contributed by atoms with van der Waals surface area (Å²) in [6, 6.07) is 4.25. The van der Waals surface area contributed by atoms with Crippen LogP contribution in [0.25, 0.3) is 11.5 Å². The maximum absolute atomic E-state index is 5.33. The van der Waals surface area contributed by atoms with Crippen molar-refractivity contribution in [2.45, 2.75) is 31.2 Å². The molecule has 2 aromatic rings. The zero-order valence-corrected chi connectivity index (χ0v) is 10.3. The summed E-state index contributed by atoms with van der Waals surface area (Å²) in [6.07, 6.45) is 6.98. The normalized spacial score (nSPS) is 23.4. The first kappa shape index (κ1) is 11.3. The first-order chi connectivity index (χ1) is 8.88. The molecule has 2 atom stereocenters. The van der Waals surface area contributed by atoms with Crippen LogP contribution in [0.5, 0.6) is 0 Å². The summed E-state index contributed by atoms with van der Waals surface area (Å²) in [5.74, 6) is 1.73. The molecule has 0 bridgehead atoms. The van der Waals surface area contributed by atoms with Gasteiger partial charge < -0.3 is 9.84 Å². The molecule has 1 N–H and O–H groups in total. The molecule has 3 rings (SSSR count). The van der Waals surface area contributed by atoms with Gasteiger partial charge in [0.2, 0.25) is 0 Å². The highest BCUT2D eigenvalue weighted by molar-refractivity contribution is 5.50. The molecule has 1 aliphatic rings. The van der Waals surface area contributed by atoms with Crippen molar-refractivity contribution in [1.82, 2.24) is 20.4 Å². The fourth-order valence-corrected chi connectivity index (χ4v) is 2.61. The Labute approximate surface area is 106 Å². The molecule has 94 valence electrons. The average Bonchev–Trinajstić information content (AvgIpc) is 3.08. The van der Waals surface area contributed by atoms with Gasteiger partial charge >= 0.3 is 0 Å². The highest BCUT2D eigenvalue weighted by Crippen LogP contribution is 2.33. The molecular weight excluding hydrogens is 228 g/mol. The first-order valence-electron chi connectivity index (χ1n) is 6.30. The predicted molar refractivity (Wildman–Crippen MR) is 67.0 cm³/mol. The van der Waals surface area contributed by atoms with E-state index in [1.54, 1.807) is 12.4 Å². The van der Waals surface area contributed by atoms with Gasteiger partial charge in [0, 0.05) is 24.4 Å². The van der Waals surface area contributed by atoms with Crippen molar-refractivity contribution < 1.29 is 4.52 Å². The molecular formula is C13H16N4O. The van der Waals surface area contributed by atoms with Gasteiger partial charge in [-0.25, -0.2) is 0 Å². The maximum atomic E-state index is 5.33. The van der Waals surface area contributed by atoms with Gasteiger partial charge in [-0.05, 0) is 32.0 Å². The van der Waals surface area contributed by atoms with Crippen LogP contribution in [0, 0.1) is 0 Å². The van der Waals surface area contributed by atoms with E-state index in [4.69, 9.17) is 4.52 Å². The zero-order chi connectivity index (χ0) is 12.4. The van der Waals surface area contributed by atoms with E-state index < -0.39 is 0 Å². The third-order valence-electron chi connectivity index (χ3n) is 3.57. The summed E-state index contributed by atoms with van der Waals surface area (Å²) in [7, 11) is 1.99. The van der Waals surface area contributed by atoms with Crippen LogP contribution in [0.3, 0.4) is 0 Å². The molecule has 5 nitrogen and oxygen atoms in total. The fraction of sp³-hybridized carbons (Fsp3) is 0.462. The van der Waals surface area contributed by atoms with E-state index in [0.717, 1.165) is 17.8 Å². The van der Waals surface area contributed by atoms with Crippen LogP contribution in [0.4, 0.5) is 0 Å². The van der Waals surface area contributed by atoms with Crippen LogP contribution >= 0.6 is 0 Å². The van der Waals surface area contributed by atoms with Gasteiger partial charge in [0.15, 0.2) is 5.82 Å². The van der Waals surface area contributed by atoms with E-state index in [-0.39, 0.29) is 0 Å². The molecule has 0 aliphatic heterocycles. The number of hydrogen-bond donors (Lipinski definition) is 1. The largest absolute Gasteiger partial charge is 0.334 e. The van der Waals surface area contributed by atoms with Crippen LogP contribution in [-0.4, -0.2) is 28.2 Å². The fourth-order valence-electron chi connectivity index (χ4n) is 2.61. The third-order valence-corrected chi connectivity index (χ3v) is 3.57. The number of likely N-dealkylation sites (N-methyl/N-ethyl adjacent to an activating group) is 1. The SMILES string of the molecule is CNC1CCCC1c1noc(-c2cccnc2)n1. The van der Waals surface area contributed by atoms with E-state index in [1.165, 1.54) is 12.8 Å². The van der Waals surface area contributed by atoms with Crippen LogP contribution in [0.1, 0.15) is 31.0 Å². The van der Waals surface area contributed by atoms with E-state index >= 15 is 0 Å². The molecule has 1 fully saturated rings. The van der Waals surface area contributed by atoms with Gasteiger partial charge in [-0.3, -0.25) is 4.98 Å². The lowest BCUT2D eigenvalue weighted by atomic mass is 10.0. The van der Waals surface area contributed by atoms with E-state index in [9.17, 15) is 0 Å². The predicted octanol–water partition coefficient (Wildman–Crippen LogP) is 1.99. The maximum Gasteiger partial charge on any atom is 0.259 e. The van der Waals surface area contributed by atoms with Crippen LogP contribution in [-0.2, 0) is 0 Å². The molecule has 0 radical (unpaired) electrons. The van der Waals surface area contributed by atoms with Crippen molar-refractivity contribution in [3.63, 3.8) is 0 Å². The number of nitrogens with one attached hydrogen (secondary N) is 1. The van der Waals surface area contributed by atoms with Crippen molar-refractivity contribution >= 4 is 0 Å². The second kappa shape index (κ2) is 4.86. The molecule has 2 unspecified atom stereocenters. The van der Waals surface area contributed by atoms with Gasteiger partial charge in [0.1, 0.15) is 0 Å². The van der Waals surface area contributed by atoms with E-state index in [1.807, 2.05) is 19.2 Å². The number of pyridine rings is 1. The minimum atomic E-state index is 0.365. The Morgan fingerprint density at radius 2 is 2.33 bits per heavy atom. The minimum absolute atomic E-state index is 0.365. The smallest absolute Gasteiger partial charge is 0.259 e. The second-order valence-corrected chi connectivity index (χ2v) is 4.63. The lowest BCUT2D eigenvalue weighted by Gasteiger charge is -2.14. The molecule has 1 saturated carbocycles. The van der Waals surface area contributed by atoms with E-state index in [0.29, 0.717) is 17.9 Å². The molecule has 0 aromatic carbocycles. The Balaban J connectivity index is 1.86. The molecule has 0 saturated heterocycles. The second-order valence-electron chi connectivity index (χ2n) is 4.63. The molecule has 1 aliphatic carbocycles. The van der Waals surface area contributed by atoms with Gasteiger partial charge in [-0.2, -0.15) is 4.98 Å². The molecule has 0 spiro atoms. The van der Waals surface area contributed by atoms with Crippen molar-refractivity contribution in [3.05, 3.63) is 30.4 Å². The Kier molecular flexibility index (Phi) is 3.06. The number of nitrogens with zero attached hydrogens (tertiary/aromatic N) is 3.